The van der Waals surface area contributed by atoms with Gasteiger partial charge in [0.05, 0.1) is 13.2 Å². The molecule has 1 N–H and O–H groups in total. The first kappa shape index (κ1) is 13.2. The molecule has 0 aromatic rings. The topological polar surface area (TPSA) is 47.6 Å². The Labute approximate surface area is 92.3 Å². The van der Waals surface area contributed by atoms with Crippen LogP contribution in [-0.2, 0) is 13.6 Å². The van der Waals surface area contributed by atoms with Crippen molar-refractivity contribution in [3.8, 4) is 0 Å². The van der Waals surface area contributed by atoms with E-state index < -0.39 is 12.9 Å². The maximum atomic E-state index is 12.6. The Morgan fingerprint density at radius 1 is 1.40 bits per heavy atom. The van der Waals surface area contributed by atoms with Crippen molar-refractivity contribution in [3.05, 3.63) is 0 Å². The monoisotopic (exact) mass is 235 g/mol. The van der Waals surface area contributed by atoms with Gasteiger partial charge in [-0.3, -0.25) is 9.88 Å². The van der Waals surface area contributed by atoms with E-state index in [0.29, 0.717) is 19.3 Å². The van der Waals surface area contributed by atoms with E-state index in [1.54, 1.807) is 0 Å². The Balaban J connectivity index is 2.83. The second kappa shape index (κ2) is 4.96. The zero-order valence-electron chi connectivity index (χ0n) is 10.1. The zero-order valence-corrected chi connectivity index (χ0v) is 11.0. The molecule has 15 heavy (non-hydrogen) atoms. The third-order valence-electron chi connectivity index (χ3n) is 2.82. The molecule has 0 aliphatic carbocycles. The van der Waals surface area contributed by atoms with Crippen LogP contribution in [0.4, 0.5) is 0 Å². The van der Waals surface area contributed by atoms with Gasteiger partial charge in [-0.2, -0.15) is 0 Å². The summed E-state index contributed by atoms with van der Waals surface area (Å²) in [6.07, 6.45) is 1.85. The lowest BCUT2D eigenvalue weighted by atomic mass is 10.2. The minimum Gasteiger partial charge on any atom is -0.308 e. The normalized spacial score (nSPS) is 32.1. The SMILES string of the molecule is CCOP(=O)(OCC)[C@]1(C)CC[C@H](C)N1. The molecule has 2 atom stereocenters. The van der Waals surface area contributed by atoms with Crippen LogP contribution in [-0.4, -0.2) is 24.5 Å². The lowest BCUT2D eigenvalue weighted by Crippen LogP contribution is -2.40. The molecule has 1 aliphatic rings. The van der Waals surface area contributed by atoms with Crippen LogP contribution in [0.5, 0.6) is 0 Å². The quantitative estimate of drug-likeness (QED) is 0.744. The highest BCUT2D eigenvalue weighted by Crippen LogP contribution is 2.62. The van der Waals surface area contributed by atoms with E-state index in [1.165, 1.54) is 0 Å². The molecule has 5 heteroatoms. The molecule has 0 saturated carbocycles. The van der Waals surface area contributed by atoms with Crippen LogP contribution in [0.25, 0.3) is 0 Å². The first-order chi connectivity index (χ1) is 6.97. The Bertz CT molecular complexity index is 249. The minimum atomic E-state index is -3.03. The summed E-state index contributed by atoms with van der Waals surface area (Å²) in [4.78, 5) is 0. The number of rotatable bonds is 5. The molecule has 0 radical (unpaired) electrons. The predicted octanol–water partition coefficient (Wildman–Crippen LogP) is 2.74. The van der Waals surface area contributed by atoms with Gasteiger partial charge in [-0.25, -0.2) is 0 Å². The zero-order chi connectivity index (χ0) is 11.5. The predicted molar refractivity (Wildman–Crippen MR) is 61.1 cm³/mol. The molecule has 1 saturated heterocycles. The van der Waals surface area contributed by atoms with Gasteiger partial charge >= 0.3 is 7.60 Å². The highest BCUT2D eigenvalue weighted by atomic mass is 31.2. The Hall–Kier alpha value is 0.110. The fourth-order valence-corrected chi connectivity index (χ4v) is 4.16. The molecule has 0 aromatic heterocycles. The summed E-state index contributed by atoms with van der Waals surface area (Å²) >= 11 is 0. The third-order valence-corrected chi connectivity index (χ3v) is 5.58. The average Bonchev–Trinajstić information content (AvgIpc) is 2.49. The van der Waals surface area contributed by atoms with Crippen molar-refractivity contribution >= 4 is 7.60 Å². The molecule has 1 rings (SSSR count). The molecule has 1 heterocycles. The van der Waals surface area contributed by atoms with Crippen molar-refractivity contribution in [1.82, 2.24) is 5.32 Å². The van der Waals surface area contributed by atoms with Gasteiger partial charge in [0.2, 0.25) is 0 Å². The van der Waals surface area contributed by atoms with Crippen LogP contribution in [0.3, 0.4) is 0 Å². The highest BCUT2D eigenvalue weighted by molar-refractivity contribution is 7.55. The maximum Gasteiger partial charge on any atom is 0.350 e. The lowest BCUT2D eigenvalue weighted by Gasteiger charge is -2.33. The van der Waals surface area contributed by atoms with Gasteiger partial charge in [0, 0.05) is 6.04 Å². The van der Waals surface area contributed by atoms with Gasteiger partial charge in [0.1, 0.15) is 5.28 Å². The minimum absolute atomic E-state index is 0.379. The standard InChI is InChI=1S/C10H22NO3P/c1-5-13-15(12,14-6-2)10(4)8-7-9(3)11-10/h9,11H,5-8H2,1-4H3/t9-,10+/m0/s1. The number of hydrogen-bond donors (Lipinski definition) is 1. The van der Waals surface area contributed by atoms with E-state index in [9.17, 15) is 4.57 Å². The molecule has 1 fully saturated rings. The molecule has 0 aromatic carbocycles. The summed E-state index contributed by atoms with van der Waals surface area (Å²) < 4.78 is 23.3. The smallest absolute Gasteiger partial charge is 0.308 e. The van der Waals surface area contributed by atoms with Crippen molar-refractivity contribution in [2.24, 2.45) is 0 Å². The summed E-state index contributed by atoms with van der Waals surface area (Å²) in [6.45, 7) is 8.54. The second-order valence-corrected chi connectivity index (χ2v) is 6.69. The van der Waals surface area contributed by atoms with E-state index in [0.717, 1.165) is 12.8 Å². The van der Waals surface area contributed by atoms with Gasteiger partial charge in [0.25, 0.3) is 0 Å². The Morgan fingerprint density at radius 3 is 2.27 bits per heavy atom. The van der Waals surface area contributed by atoms with Crippen LogP contribution in [0, 0.1) is 0 Å². The van der Waals surface area contributed by atoms with Crippen molar-refractivity contribution < 1.29 is 13.6 Å². The fraction of sp³-hybridized carbons (Fsp3) is 1.00. The van der Waals surface area contributed by atoms with Crippen LogP contribution in [0.15, 0.2) is 0 Å². The third kappa shape index (κ3) is 2.62. The number of hydrogen-bond acceptors (Lipinski definition) is 4. The lowest BCUT2D eigenvalue weighted by molar-refractivity contribution is 0.193. The van der Waals surface area contributed by atoms with Crippen molar-refractivity contribution in [2.45, 2.75) is 51.9 Å². The Kier molecular flexibility index (Phi) is 4.36. The average molecular weight is 235 g/mol. The molecule has 4 nitrogen and oxygen atoms in total. The largest absolute Gasteiger partial charge is 0.350 e. The number of nitrogens with one attached hydrogen (secondary N) is 1. The first-order valence-electron chi connectivity index (χ1n) is 5.64. The maximum absolute atomic E-state index is 12.6. The summed E-state index contributed by atoms with van der Waals surface area (Å²) in [6, 6.07) is 0.379. The molecular formula is C10H22NO3P. The Morgan fingerprint density at radius 2 is 1.93 bits per heavy atom. The summed E-state index contributed by atoms with van der Waals surface area (Å²) in [5, 5.41) is 2.81. The van der Waals surface area contributed by atoms with Crippen LogP contribution >= 0.6 is 7.60 Å². The molecule has 0 unspecified atom stereocenters. The van der Waals surface area contributed by atoms with Gasteiger partial charge in [-0.15, -0.1) is 0 Å². The van der Waals surface area contributed by atoms with Crippen LogP contribution in [0.2, 0.25) is 0 Å². The molecule has 1 aliphatic heterocycles. The summed E-state index contributed by atoms with van der Waals surface area (Å²) in [5.41, 5.74) is 0. The van der Waals surface area contributed by atoms with Gasteiger partial charge in [-0.1, -0.05) is 0 Å². The second-order valence-electron chi connectivity index (χ2n) is 4.19. The fourth-order valence-electron chi connectivity index (χ4n) is 2.05. The summed E-state index contributed by atoms with van der Waals surface area (Å²) in [5.74, 6) is 0. The van der Waals surface area contributed by atoms with Crippen molar-refractivity contribution in [1.29, 1.82) is 0 Å². The first-order valence-corrected chi connectivity index (χ1v) is 7.18. The van der Waals surface area contributed by atoms with Crippen molar-refractivity contribution in [3.63, 3.8) is 0 Å². The van der Waals surface area contributed by atoms with E-state index >= 15 is 0 Å². The van der Waals surface area contributed by atoms with Gasteiger partial charge in [0.15, 0.2) is 0 Å². The van der Waals surface area contributed by atoms with Crippen molar-refractivity contribution in [2.75, 3.05) is 13.2 Å². The van der Waals surface area contributed by atoms with Crippen LogP contribution in [0.1, 0.15) is 40.5 Å². The van der Waals surface area contributed by atoms with E-state index in [4.69, 9.17) is 9.05 Å². The van der Waals surface area contributed by atoms with Crippen LogP contribution < -0.4 is 5.32 Å². The molecule has 0 amide bonds. The molecule has 0 spiro atoms. The highest BCUT2D eigenvalue weighted by Gasteiger charge is 2.50. The molecule has 0 bridgehead atoms. The molecular weight excluding hydrogens is 213 g/mol. The van der Waals surface area contributed by atoms with Gasteiger partial charge in [-0.05, 0) is 40.5 Å². The van der Waals surface area contributed by atoms with E-state index in [2.05, 4.69) is 12.2 Å². The van der Waals surface area contributed by atoms with Gasteiger partial charge < -0.3 is 9.05 Å². The van der Waals surface area contributed by atoms with E-state index in [1.807, 2.05) is 20.8 Å². The summed E-state index contributed by atoms with van der Waals surface area (Å²) in [7, 11) is -3.03. The van der Waals surface area contributed by atoms with E-state index in [-0.39, 0.29) is 0 Å². The molecule has 90 valence electrons.